The van der Waals surface area contributed by atoms with E-state index in [9.17, 15) is 18.0 Å². The molecule has 90 valence electrons. The van der Waals surface area contributed by atoms with E-state index in [2.05, 4.69) is 5.32 Å². The fraction of sp³-hybridized carbons (Fsp3) is 0.889. The van der Waals surface area contributed by atoms with Crippen LogP contribution in [0.2, 0.25) is 0 Å². The van der Waals surface area contributed by atoms with Gasteiger partial charge in [0, 0.05) is 6.54 Å². The largest absolute Gasteiger partial charge is 0.401 e. The zero-order chi connectivity index (χ0) is 11.9. The molecule has 0 unspecified atom stereocenters. The Kier molecular flexibility index (Phi) is 6.31. The van der Waals surface area contributed by atoms with Crippen LogP contribution in [0, 0.1) is 5.92 Å². The molecule has 0 aliphatic heterocycles. The molecule has 0 radical (unpaired) electrons. The summed E-state index contributed by atoms with van der Waals surface area (Å²) in [5.41, 5.74) is 0. The molecule has 6 heteroatoms. The first-order valence-electron chi connectivity index (χ1n) is 4.85. The first kappa shape index (κ1) is 14.2. The van der Waals surface area contributed by atoms with Gasteiger partial charge in [0.2, 0.25) is 5.91 Å². The summed E-state index contributed by atoms with van der Waals surface area (Å²) in [4.78, 5) is 11.0. The van der Waals surface area contributed by atoms with Crippen molar-refractivity contribution in [3.8, 4) is 0 Å². The van der Waals surface area contributed by atoms with Crippen molar-refractivity contribution in [3.05, 3.63) is 0 Å². The van der Waals surface area contributed by atoms with Crippen molar-refractivity contribution >= 4 is 5.91 Å². The molecule has 0 aromatic carbocycles. The predicted molar refractivity (Wildman–Crippen MR) is 51.4 cm³/mol. The molecule has 3 nitrogen and oxygen atoms in total. The van der Waals surface area contributed by atoms with E-state index >= 15 is 0 Å². The van der Waals surface area contributed by atoms with E-state index in [0.717, 1.165) is 6.42 Å². The first-order chi connectivity index (χ1) is 6.81. The number of rotatable bonds is 6. The van der Waals surface area contributed by atoms with Crippen LogP contribution in [-0.2, 0) is 4.79 Å². The third kappa shape index (κ3) is 11.1. The summed E-state index contributed by atoms with van der Waals surface area (Å²) in [5.74, 6) is 0.0633. The van der Waals surface area contributed by atoms with E-state index < -0.39 is 18.6 Å². The Morgan fingerprint density at radius 2 is 1.93 bits per heavy atom. The molecular formula is C9H17F3N2O. The highest BCUT2D eigenvalue weighted by atomic mass is 19.4. The second kappa shape index (κ2) is 6.66. The Bertz CT molecular complexity index is 192. The minimum atomic E-state index is -4.27. The molecule has 0 aliphatic rings. The number of hydrogen-bond acceptors (Lipinski definition) is 2. The summed E-state index contributed by atoms with van der Waals surface area (Å²) in [5, 5.41) is 4.56. The highest BCUT2D eigenvalue weighted by Gasteiger charge is 2.26. The number of halogens is 3. The summed E-state index contributed by atoms with van der Waals surface area (Å²) >= 11 is 0. The van der Waals surface area contributed by atoms with Crippen LogP contribution < -0.4 is 10.6 Å². The van der Waals surface area contributed by atoms with Crippen molar-refractivity contribution < 1.29 is 18.0 Å². The Labute approximate surface area is 87.4 Å². The van der Waals surface area contributed by atoms with Gasteiger partial charge in [-0.2, -0.15) is 13.2 Å². The molecule has 0 fully saturated rings. The van der Waals surface area contributed by atoms with E-state index in [0.29, 0.717) is 12.5 Å². The van der Waals surface area contributed by atoms with Crippen LogP contribution in [0.4, 0.5) is 13.2 Å². The summed E-state index contributed by atoms with van der Waals surface area (Å²) < 4.78 is 35.0. The molecule has 0 saturated carbocycles. The van der Waals surface area contributed by atoms with Crippen LogP contribution in [0.5, 0.6) is 0 Å². The fourth-order valence-corrected chi connectivity index (χ4v) is 0.881. The van der Waals surface area contributed by atoms with Gasteiger partial charge in [-0.1, -0.05) is 13.8 Å². The summed E-state index contributed by atoms with van der Waals surface area (Å²) in [7, 11) is 0. The van der Waals surface area contributed by atoms with Gasteiger partial charge >= 0.3 is 6.18 Å². The Morgan fingerprint density at radius 3 is 2.40 bits per heavy atom. The smallest absolute Gasteiger partial charge is 0.355 e. The van der Waals surface area contributed by atoms with Crippen LogP contribution in [0.3, 0.4) is 0 Å². The van der Waals surface area contributed by atoms with Gasteiger partial charge in [-0.15, -0.1) is 0 Å². The minimum Gasteiger partial charge on any atom is -0.355 e. The molecule has 0 bridgehead atoms. The zero-order valence-corrected chi connectivity index (χ0v) is 8.95. The van der Waals surface area contributed by atoms with Crippen LogP contribution in [0.25, 0.3) is 0 Å². The van der Waals surface area contributed by atoms with E-state index in [1.807, 2.05) is 19.2 Å². The molecule has 0 spiro atoms. The third-order valence-corrected chi connectivity index (χ3v) is 1.65. The highest BCUT2D eigenvalue weighted by molar-refractivity contribution is 5.77. The van der Waals surface area contributed by atoms with E-state index in [-0.39, 0.29) is 6.54 Å². The fourth-order valence-electron chi connectivity index (χ4n) is 0.881. The SMILES string of the molecule is CC(C)CCNC(=O)CNCC(F)(F)F. The standard InChI is InChI=1S/C9H17F3N2O/c1-7(2)3-4-14-8(15)5-13-6-9(10,11)12/h7,13H,3-6H2,1-2H3,(H,14,15). The number of amides is 1. The molecule has 15 heavy (non-hydrogen) atoms. The van der Waals surface area contributed by atoms with Crippen molar-refractivity contribution in [3.63, 3.8) is 0 Å². The van der Waals surface area contributed by atoms with Crippen LogP contribution in [0.15, 0.2) is 0 Å². The van der Waals surface area contributed by atoms with Crippen LogP contribution >= 0.6 is 0 Å². The maximum absolute atomic E-state index is 11.7. The number of carbonyl (C=O) groups excluding carboxylic acids is 1. The molecule has 0 aromatic heterocycles. The number of alkyl halides is 3. The summed E-state index contributed by atoms with van der Waals surface area (Å²) in [6.07, 6.45) is -3.44. The van der Waals surface area contributed by atoms with Gasteiger partial charge in [0.05, 0.1) is 13.1 Å². The monoisotopic (exact) mass is 226 g/mol. The second-order valence-electron chi connectivity index (χ2n) is 3.75. The van der Waals surface area contributed by atoms with Crippen molar-refractivity contribution in [2.45, 2.75) is 26.4 Å². The lowest BCUT2D eigenvalue weighted by molar-refractivity contribution is -0.128. The maximum Gasteiger partial charge on any atom is 0.401 e. The lowest BCUT2D eigenvalue weighted by Gasteiger charge is -2.09. The van der Waals surface area contributed by atoms with Crippen molar-refractivity contribution in [2.24, 2.45) is 5.92 Å². The van der Waals surface area contributed by atoms with Gasteiger partial charge in [-0.25, -0.2) is 0 Å². The third-order valence-electron chi connectivity index (χ3n) is 1.65. The van der Waals surface area contributed by atoms with E-state index in [1.54, 1.807) is 0 Å². The molecule has 0 rings (SSSR count). The Hall–Kier alpha value is -0.780. The van der Waals surface area contributed by atoms with Gasteiger partial charge in [0.15, 0.2) is 0 Å². The number of nitrogens with one attached hydrogen (secondary N) is 2. The van der Waals surface area contributed by atoms with Crippen LogP contribution in [0.1, 0.15) is 20.3 Å². The lowest BCUT2D eigenvalue weighted by Crippen LogP contribution is -2.38. The Balaban J connectivity index is 3.42. The quantitative estimate of drug-likeness (QED) is 0.716. The van der Waals surface area contributed by atoms with Crippen molar-refractivity contribution in [1.82, 2.24) is 10.6 Å². The second-order valence-corrected chi connectivity index (χ2v) is 3.75. The van der Waals surface area contributed by atoms with Crippen LogP contribution in [-0.4, -0.2) is 31.7 Å². The molecule has 0 atom stereocenters. The van der Waals surface area contributed by atoms with Gasteiger partial charge in [0.1, 0.15) is 0 Å². The van der Waals surface area contributed by atoms with Gasteiger partial charge < -0.3 is 10.6 Å². The zero-order valence-electron chi connectivity index (χ0n) is 8.95. The minimum absolute atomic E-state index is 0.294. The van der Waals surface area contributed by atoms with Gasteiger partial charge in [0.25, 0.3) is 0 Å². The lowest BCUT2D eigenvalue weighted by atomic mass is 10.1. The average Bonchev–Trinajstić information content (AvgIpc) is 2.00. The average molecular weight is 226 g/mol. The molecule has 2 N–H and O–H groups in total. The van der Waals surface area contributed by atoms with Crippen molar-refractivity contribution in [2.75, 3.05) is 19.6 Å². The first-order valence-corrected chi connectivity index (χ1v) is 4.85. The maximum atomic E-state index is 11.7. The summed E-state index contributed by atoms with van der Waals surface area (Å²) in [6.45, 7) is 3.09. The van der Waals surface area contributed by atoms with E-state index in [1.165, 1.54) is 0 Å². The molecule has 0 heterocycles. The van der Waals surface area contributed by atoms with E-state index in [4.69, 9.17) is 0 Å². The molecule has 0 saturated heterocycles. The molecule has 1 amide bonds. The molecule has 0 aliphatic carbocycles. The topological polar surface area (TPSA) is 41.1 Å². The Morgan fingerprint density at radius 1 is 1.33 bits per heavy atom. The van der Waals surface area contributed by atoms with Crippen molar-refractivity contribution in [1.29, 1.82) is 0 Å². The molecule has 0 aromatic rings. The molecular weight excluding hydrogens is 209 g/mol. The number of carbonyl (C=O) groups is 1. The van der Waals surface area contributed by atoms with Gasteiger partial charge in [-0.3, -0.25) is 4.79 Å². The predicted octanol–water partition coefficient (Wildman–Crippen LogP) is 1.30. The number of hydrogen-bond donors (Lipinski definition) is 2. The van der Waals surface area contributed by atoms with Gasteiger partial charge in [-0.05, 0) is 12.3 Å². The normalized spacial score (nSPS) is 11.9. The highest BCUT2D eigenvalue weighted by Crippen LogP contribution is 2.11. The summed E-state index contributed by atoms with van der Waals surface area (Å²) in [6, 6.07) is 0.